The third-order valence-corrected chi connectivity index (χ3v) is 4.76. The van der Waals surface area contributed by atoms with E-state index >= 15 is 0 Å². The molecule has 4 heteroatoms. The lowest BCUT2D eigenvalue weighted by atomic mass is 10.0. The average Bonchev–Trinajstić information content (AvgIpc) is 2.37. The van der Waals surface area contributed by atoms with Crippen molar-refractivity contribution in [1.29, 1.82) is 0 Å². The molecule has 1 fully saturated rings. The van der Waals surface area contributed by atoms with E-state index < -0.39 is 5.60 Å². The zero-order chi connectivity index (χ0) is 13.8. The summed E-state index contributed by atoms with van der Waals surface area (Å²) in [5.74, 6) is 1.17. The Hall–Kier alpha value is 0.230. The van der Waals surface area contributed by atoms with Gasteiger partial charge in [0.25, 0.3) is 0 Å². The Labute approximate surface area is 117 Å². The molecule has 1 unspecified atom stereocenters. The van der Waals surface area contributed by atoms with Crippen LogP contribution in [0.1, 0.15) is 41.0 Å². The van der Waals surface area contributed by atoms with Gasteiger partial charge >= 0.3 is 0 Å². The summed E-state index contributed by atoms with van der Waals surface area (Å²) < 4.78 is 0.386. The number of hydrogen-bond acceptors (Lipinski definition) is 4. The molecule has 0 aliphatic carbocycles. The minimum Gasteiger partial charge on any atom is -0.388 e. The summed E-state index contributed by atoms with van der Waals surface area (Å²) in [4.78, 5) is 2.41. The summed E-state index contributed by atoms with van der Waals surface area (Å²) in [5, 5.41) is 13.8. The SMILES string of the molecule is CC(C)NCC(C)(O)CN1CCSC(C)(C)CC1. The fraction of sp³-hybridized carbons (Fsp3) is 1.00. The molecule has 1 saturated heterocycles. The number of thioether (sulfide) groups is 1. The Balaban J connectivity index is 2.41. The van der Waals surface area contributed by atoms with Crippen molar-refractivity contribution in [3.8, 4) is 0 Å². The van der Waals surface area contributed by atoms with E-state index in [-0.39, 0.29) is 0 Å². The first-order valence-corrected chi connectivity index (χ1v) is 8.01. The van der Waals surface area contributed by atoms with Gasteiger partial charge in [0.15, 0.2) is 0 Å². The zero-order valence-corrected chi connectivity index (χ0v) is 13.4. The molecule has 0 aromatic heterocycles. The second-order valence-corrected chi connectivity index (χ2v) is 8.47. The van der Waals surface area contributed by atoms with Crippen molar-refractivity contribution in [2.45, 2.75) is 57.4 Å². The van der Waals surface area contributed by atoms with E-state index in [4.69, 9.17) is 0 Å². The first-order chi connectivity index (χ1) is 8.20. The minimum absolute atomic E-state index is 0.386. The Kier molecular flexibility index (Phi) is 5.97. The van der Waals surface area contributed by atoms with Gasteiger partial charge in [0.05, 0.1) is 5.60 Å². The second-order valence-electron chi connectivity index (χ2n) is 6.67. The highest BCUT2D eigenvalue weighted by atomic mass is 32.2. The van der Waals surface area contributed by atoms with Gasteiger partial charge in [-0.2, -0.15) is 11.8 Å². The number of aliphatic hydroxyl groups is 1. The van der Waals surface area contributed by atoms with Crippen molar-refractivity contribution < 1.29 is 5.11 Å². The molecular formula is C14H30N2OS. The van der Waals surface area contributed by atoms with Gasteiger partial charge in [0, 0.05) is 36.2 Å². The zero-order valence-electron chi connectivity index (χ0n) is 12.6. The molecule has 0 bridgehead atoms. The van der Waals surface area contributed by atoms with E-state index in [1.54, 1.807) is 0 Å². The van der Waals surface area contributed by atoms with E-state index in [0.717, 1.165) is 19.6 Å². The third-order valence-electron chi connectivity index (χ3n) is 3.39. The molecule has 1 aliphatic rings. The van der Waals surface area contributed by atoms with Crippen molar-refractivity contribution in [2.24, 2.45) is 0 Å². The Morgan fingerprint density at radius 3 is 2.67 bits per heavy atom. The molecule has 0 spiro atoms. The fourth-order valence-corrected chi connectivity index (χ4v) is 3.32. The standard InChI is InChI=1S/C14H30N2OS/c1-12(2)15-10-14(5,17)11-16-7-6-13(3,4)18-9-8-16/h12,15,17H,6-11H2,1-5H3. The van der Waals surface area contributed by atoms with E-state index in [1.807, 2.05) is 6.92 Å². The van der Waals surface area contributed by atoms with Crippen LogP contribution in [-0.2, 0) is 0 Å². The van der Waals surface area contributed by atoms with Gasteiger partial charge in [-0.3, -0.25) is 4.90 Å². The Morgan fingerprint density at radius 1 is 1.39 bits per heavy atom. The van der Waals surface area contributed by atoms with Crippen LogP contribution in [0.25, 0.3) is 0 Å². The molecule has 1 heterocycles. The largest absolute Gasteiger partial charge is 0.388 e. The van der Waals surface area contributed by atoms with Crippen LogP contribution in [0, 0.1) is 0 Å². The summed E-state index contributed by atoms with van der Waals surface area (Å²) in [6.45, 7) is 14.4. The number of β-amino-alcohol motifs (C(OH)–C–C–N with tert-alkyl or cyclic N) is 1. The maximum absolute atomic E-state index is 10.4. The number of nitrogens with one attached hydrogen (secondary N) is 1. The summed E-state index contributed by atoms with van der Waals surface area (Å²) in [7, 11) is 0. The van der Waals surface area contributed by atoms with Crippen molar-refractivity contribution in [3.63, 3.8) is 0 Å². The number of nitrogens with zero attached hydrogens (tertiary/aromatic N) is 1. The molecule has 1 rings (SSSR count). The highest BCUT2D eigenvalue weighted by Gasteiger charge is 2.28. The molecule has 0 aromatic carbocycles. The predicted molar refractivity (Wildman–Crippen MR) is 81.4 cm³/mol. The van der Waals surface area contributed by atoms with E-state index in [0.29, 0.717) is 17.3 Å². The van der Waals surface area contributed by atoms with Gasteiger partial charge in [0.2, 0.25) is 0 Å². The molecule has 1 aliphatic heterocycles. The van der Waals surface area contributed by atoms with E-state index in [1.165, 1.54) is 12.2 Å². The van der Waals surface area contributed by atoms with Crippen molar-refractivity contribution >= 4 is 11.8 Å². The molecule has 0 saturated carbocycles. The minimum atomic E-state index is -0.635. The fourth-order valence-electron chi connectivity index (χ4n) is 2.18. The quantitative estimate of drug-likeness (QED) is 0.803. The molecule has 1 atom stereocenters. The first kappa shape index (κ1) is 16.3. The lowest BCUT2D eigenvalue weighted by Crippen LogP contribution is -2.49. The Bertz CT molecular complexity index is 254. The summed E-state index contributed by atoms with van der Waals surface area (Å²) >= 11 is 2.05. The van der Waals surface area contributed by atoms with Crippen LogP contribution in [-0.4, -0.2) is 58.3 Å². The van der Waals surface area contributed by atoms with Crippen LogP contribution in [0.15, 0.2) is 0 Å². The van der Waals surface area contributed by atoms with Crippen LogP contribution in [0.4, 0.5) is 0 Å². The number of hydrogen-bond donors (Lipinski definition) is 2. The van der Waals surface area contributed by atoms with Gasteiger partial charge in [-0.15, -0.1) is 0 Å². The molecule has 18 heavy (non-hydrogen) atoms. The van der Waals surface area contributed by atoms with Gasteiger partial charge in [-0.1, -0.05) is 27.7 Å². The topological polar surface area (TPSA) is 35.5 Å². The smallest absolute Gasteiger partial charge is 0.0869 e. The Morgan fingerprint density at radius 2 is 2.06 bits per heavy atom. The maximum atomic E-state index is 10.4. The molecule has 2 N–H and O–H groups in total. The first-order valence-electron chi connectivity index (χ1n) is 7.02. The summed E-state index contributed by atoms with van der Waals surface area (Å²) in [6.07, 6.45) is 1.20. The maximum Gasteiger partial charge on any atom is 0.0869 e. The predicted octanol–water partition coefficient (Wildman–Crippen LogP) is 1.95. The highest BCUT2D eigenvalue weighted by molar-refractivity contribution is 8.00. The lowest BCUT2D eigenvalue weighted by molar-refractivity contribution is 0.0201. The van der Waals surface area contributed by atoms with Crippen molar-refractivity contribution in [2.75, 3.05) is 31.9 Å². The van der Waals surface area contributed by atoms with Crippen molar-refractivity contribution in [1.82, 2.24) is 10.2 Å². The summed E-state index contributed by atoms with van der Waals surface area (Å²) in [6, 6.07) is 0.426. The van der Waals surface area contributed by atoms with Crippen LogP contribution in [0.2, 0.25) is 0 Å². The second kappa shape index (κ2) is 6.60. The molecule has 108 valence electrons. The van der Waals surface area contributed by atoms with Gasteiger partial charge in [-0.05, 0) is 19.9 Å². The van der Waals surface area contributed by atoms with Crippen LogP contribution in [0.3, 0.4) is 0 Å². The van der Waals surface area contributed by atoms with Crippen molar-refractivity contribution in [3.05, 3.63) is 0 Å². The van der Waals surface area contributed by atoms with E-state index in [9.17, 15) is 5.11 Å². The average molecular weight is 274 g/mol. The molecule has 0 aromatic rings. The third kappa shape index (κ3) is 6.41. The van der Waals surface area contributed by atoms with Gasteiger partial charge < -0.3 is 10.4 Å². The normalized spacial score (nSPS) is 24.8. The van der Waals surface area contributed by atoms with Gasteiger partial charge in [0.1, 0.15) is 0 Å². The lowest BCUT2D eigenvalue weighted by Gasteiger charge is -2.32. The molecule has 0 radical (unpaired) electrons. The summed E-state index contributed by atoms with van der Waals surface area (Å²) in [5.41, 5.74) is -0.635. The van der Waals surface area contributed by atoms with Gasteiger partial charge in [-0.25, -0.2) is 0 Å². The van der Waals surface area contributed by atoms with Crippen LogP contribution >= 0.6 is 11.8 Å². The molecule has 3 nitrogen and oxygen atoms in total. The molecule has 0 amide bonds. The monoisotopic (exact) mass is 274 g/mol. The highest BCUT2D eigenvalue weighted by Crippen LogP contribution is 2.30. The van der Waals surface area contributed by atoms with Crippen LogP contribution in [0.5, 0.6) is 0 Å². The van der Waals surface area contributed by atoms with Crippen LogP contribution < -0.4 is 5.32 Å². The van der Waals surface area contributed by atoms with E-state index in [2.05, 4.69) is 49.7 Å². The number of rotatable bonds is 5. The molecular weight excluding hydrogens is 244 g/mol.